The Balaban J connectivity index is 2.22. The number of hydrogen-bond acceptors (Lipinski definition) is 10. The summed E-state index contributed by atoms with van der Waals surface area (Å²) in [5.41, 5.74) is 0.639. The minimum atomic E-state index is -1.63. The summed E-state index contributed by atoms with van der Waals surface area (Å²) >= 11 is 0. The molecule has 11 heteroatoms. The minimum absolute atomic E-state index is 0.0394. The van der Waals surface area contributed by atoms with Gasteiger partial charge in [-0.25, -0.2) is 0 Å². The lowest BCUT2D eigenvalue weighted by Gasteiger charge is -2.39. The molecule has 1 aromatic rings. The third kappa shape index (κ3) is 7.62. The number of aliphatic hydroxyl groups is 4. The zero-order valence-electron chi connectivity index (χ0n) is 19.9. The molecule has 0 unspecified atom stereocenters. The summed E-state index contributed by atoms with van der Waals surface area (Å²) in [6, 6.07) is 4.80. The van der Waals surface area contributed by atoms with Crippen molar-refractivity contribution in [1.29, 1.82) is 0 Å². The molecule has 1 amide bonds. The molecule has 0 radical (unpaired) electrons. The third-order valence-electron chi connectivity index (χ3n) is 5.20. The number of amides is 1. The van der Waals surface area contributed by atoms with Crippen LogP contribution in [0.15, 0.2) is 18.2 Å². The van der Waals surface area contributed by atoms with E-state index in [4.69, 9.17) is 14.2 Å². The monoisotopic (exact) mass is 484 g/mol. The summed E-state index contributed by atoms with van der Waals surface area (Å²) in [6.45, 7) is 7.61. The van der Waals surface area contributed by atoms with E-state index in [0.29, 0.717) is 18.7 Å². The summed E-state index contributed by atoms with van der Waals surface area (Å²) in [4.78, 5) is 24.7. The maximum absolute atomic E-state index is 12.9. The van der Waals surface area contributed by atoms with Crippen LogP contribution in [0.2, 0.25) is 0 Å². The molecule has 1 aromatic carbocycles. The van der Waals surface area contributed by atoms with Gasteiger partial charge >= 0.3 is 5.97 Å². The Morgan fingerprint density at radius 3 is 2.38 bits per heavy atom. The van der Waals surface area contributed by atoms with E-state index in [1.165, 1.54) is 12.1 Å². The average molecular weight is 485 g/mol. The first kappa shape index (κ1) is 28.0. The van der Waals surface area contributed by atoms with Crippen LogP contribution in [0.25, 0.3) is 0 Å². The van der Waals surface area contributed by atoms with Crippen molar-refractivity contribution in [1.82, 2.24) is 10.6 Å². The van der Waals surface area contributed by atoms with Gasteiger partial charge in [0.05, 0.1) is 18.1 Å². The number of ether oxygens (including phenoxy) is 3. The first-order valence-electron chi connectivity index (χ1n) is 11.3. The van der Waals surface area contributed by atoms with Gasteiger partial charge in [-0.3, -0.25) is 9.59 Å². The van der Waals surface area contributed by atoms with Gasteiger partial charge in [0, 0.05) is 19.1 Å². The summed E-state index contributed by atoms with van der Waals surface area (Å²) in [5, 5.41) is 45.6. The number of hydrogen-bond donors (Lipinski definition) is 6. The minimum Gasteiger partial charge on any atom is -0.461 e. The van der Waals surface area contributed by atoms with Crippen molar-refractivity contribution in [3.05, 3.63) is 29.3 Å². The Morgan fingerprint density at radius 2 is 1.76 bits per heavy atom. The molecule has 2 rings (SSSR count). The van der Waals surface area contributed by atoms with Gasteiger partial charge in [0.1, 0.15) is 36.8 Å². The zero-order valence-corrected chi connectivity index (χ0v) is 19.9. The molecule has 0 spiro atoms. The van der Waals surface area contributed by atoms with Crippen molar-refractivity contribution >= 4 is 11.9 Å². The second-order valence-electron chi connectivity index (χ2n) is 8.77. The first-order chi connectivity index (χ1) is 16.0. The smallest absolute Gasteiger partial charge is 0.308 e. The Kier molecular flexibility index (Phi) is 10.7. The summed E-state index contributed by atoms with van der Waals surface area (Å²) in [7, 11) is 0. The number of carbonyl (C=O) groups is 2. The van der Waals surface area contributed by atoms with Crippen LogP contribution in [0, 0.1) is 5.92 Å². The van der Waals surface area contributed by atoms with Crippen LogP contribution in [0.1, 0.15) is 43.6 Å². The molecule has 0 bridgehead atoms. The van der Waals surface area contributed by atoms with Crippen LogP contribution in [0.5, 0.6) is 5.75 Å². The van der Waals surface area contributed by atoms with Crippen molar-refractivity contribution < 1.29 is 44.2 Å². The standard InChI is InChI=1S/C23H36N2O9/c1-12(2)22(31)32-11-14-5-6-16(15(9-14)21(30)25-8-7-24-13(3)4)33-23-20(29)19(28)18(27)17(10-26)34-23/h5-6,9,12-13,17-20,23-24,26-29H,7-8,10-11H2,1-4H3,(H,25,30)/t17-,18-,19+,20-,23-/m1/s1. The number of rotatable bonds is 11. The van der Waals surface area contributed by atoms with E-state index in [-0.39, 0.29) is 35.8 Å². The van der Waals surface area contributed by atoms with Gasteiger partial charge in [-0.2, -0.15) is 0 Å². The fourth-order valence-electron chi connectivity index (χ4n) is 3.19. The lowest BCUT2D eigenvalue weighted by atomic mass is 9.99. The van der Waals surface area contributed by atoms with Crippen molar-refractivity contribution in [2.45, 2.75) is 71.0 Å². The van der Waals surface area contributed by atoms with Gasteiger partial charge in [-0.05, 0) is 17.7 Å². The maximum atomic E-state index is 12.9. The Hall–Kier alpha value is -2.28. The van der Waals surface area contributed by atoms with Crippen molar-refractivity contribution in [3.8, 4) is 5.75 Å². The molecular weight excluding hydrogens is 448 g/mol. The molecule has 1 saturated heterocycles. The fraction of sp³-hybridized carbons (Fsp3) is 0.652. The van der Waals surface area contributed by atoms with Crippen LogP contribution < -0.4 is 15.4 Å². The van der Waals surface area contributed by atoms with E-state index in [2.05, 4.69) is 10.6 Å². The van der Waals surface area contributed by atoms with E-state index >= 15 is 0 Å². The molecule has 192 valence electrons. The van der Waals surface area contributed by atoms with Crippen LogP contribution in [-0.4, -0.2) is 88.7 Å². The SMILES string of the molecule is CC(C)NCCNC(=O)c1cc(COC(=O)C(C)C)ccc1O[C@@H]1O[C@H](CO)[C@@H](O)[C@H](O)[C@H]1O. The molecule has 0 aliphatic carbocycles. The average Bonchev–Trinajstić information content (AvgIpc) is 2.80. The van der Waals surface area contributed by atoms with Crippen LogP contribution in [-0.2, 0) is 20.9 Å². The quantitative estimate of drug-likeness (QED) is 0.174. The van der Waals surface area contributed by atoms with Gasteiger partial charge in [-0.1, -0.05) is 33.8 Å². The van der Waals surface area contributed by atoms with E-state index in [1.807, 2.05) is 13.8 Å². The van der Waals surface area contributed by atoms with Crippen LogP contribution in [0.3, 0.4) is 0 Å². The molecule has 1 fully saturated rings. The highest BCUT2D eigenvalue weighted by molar-refractivity contribution is 5.97. The number of benzene rings is 1. The van der Waals surface area contributed by atoms with Crippen molar-refractivity contribution in [2.75, 3.05) is 19.7 Å². The molecule has 11 nitrogen and oxygen atoms in total. The van der Waals surface area contributed by atoms with Gasteiger partial charge in [0.2, 0.25) is 6.29 Å². The van der Waals surface area contributed by atoms with E-state index in [0.717, 1.165) is 0 Å². The fourth-order valence-corrected chi connectivity index (χ4v) is 3.19. The van der Waals surface area contributed by atoms with Crippen LogP contribution >= 0.6 is 0 Å². The predicted molar refractivity (Wildman–Crippen MR) is 121 cm³/mol. The van der Waals surface area contributed by atoms with Crippen molar-refractivity contribution in [2.24, 2.45) is 5.92 Å². The second kappa shape index (κ2) is 13.0. The maximum Gasteiger partial charge on any atom is 0.308 e. The zero-order chi connectivity index (χ0) is 25.4. The second-order valence-corrected chi connectivity index (χ2v) is 8.77. The van der Waals surface area contributed by atoms with E-state index in [9.17, 15) is 30.0 Å². The molecule has 1 heterocycles. The molecule has 34 heavy (non-hydrogen) atoms. The summed E-state index contributed by atoms with van der Waals surface area (Å²) in [5.74, 6) is -1.11. The molecule has 1 aliphatic rings. The lowest BCUT2D eigenvalue weighted by molar-refractivity contribution is -0.277. The van der Waals surface area contributed by atoms with Crippen molar-refractivity contribution in [3.63, 3.8) is 0 Å². The van der Waals surface area contributed by atoms with E-state index < -0.39 is 43.2 Å². The first-order valence-corrected chi connectivity index (χ1v) is 11.3. The molecule has 5 atom stereocenters. The normalized spacial score (nSPS) is 24.8. The third-order valence-corrected chi connectivity index (χ3v) is 5.20. The predicted octanol–water partition coefficient (Wildman–Crippen LogP) is -0.708. The molecule has 6 N–H and O–H groups in total. The summed E-state index contributed by atoms with van der Waals surface area (Å²) < 4.78 is 16.3. The Bertz CT molecular complexity index is 816. The Morgan fingerprint density at radius 1 is 1.06 bits per heavy atom. The van der Waals surface area contributed by atoms with Crippen LogP contribution in [0.4, 0.5) is 0 Å². The topological polar surface area (TPSA) is 167 Å². The highest BCUT2D eigenvalue weighted by atomic mass is 16.7. The van der Waals surface area contributed by atoms with Gasteiger partial charge in [0.25, 0.3) is 5.91 Å². The largest absolute Gasteiger partial charge is 0.461 e. The molecule has 1 aliphatic heterocycles. The molecule has 0 saturated carbocycles. The van der Waals surface area contributed by atoms with Gasteiger partial charge in [0.15, 0.2) is 0 Å². The number of carbonyl (C=O) groups excluding carboxylic acids is 2. The van der Waals surface area contributed by atoms with Gasteiger partial charge in [-0.15, -0.1) is 0 Å². The highest BCUT2D eigenvalue weighted by Crippen LogP contribution is 2.27. The van der Waals surface area contributed by atoms with E-state index in [1.54, 1.807) is 19.9 Å². The highest BCUT2D eigenvalue weighted by Gasteiger charge is 2.45. The Labute approximate surface area is 199 Å². The number of esters is 1. The number of aliphatic hydroxyl groups excluding tert-OH is 4. The molecule has 0 aromatic heterocycles. The summed E-state index contributed by atoms with van der Waals surface area (Å²) in [6.07, 6.45) is -7.39. The molecular formula is C23H36N2O9. The lowest BCUT2D eigenvalue weighted by Crippen LogP contribution is -2.60. The van der Waals surface area contributed by atoms with Gasteiger partial charge < -0.3 is 45.3 Å². The number of nitrogens with one attached hydrogen (secondary N) is 2.